The molecule has 1 amide bonds. The van der Waals surface area contributed by atoms with Crippen molar-refractivity contribution >= 4 is 34.3 Å². The lowest BCUT2D eigenvalue weighted by Gasteiger charge is -2.08. The van der Waals surface area contributed by atoms with E-state index in [-0.39, 0.29) is 0 Å². The Morgan fingerprint density at radius 3 is 3.06 bits per heavy atom. The molecule has 0 saturated carbocycles. The number of pyridine rings is 1. The summed E-state index contributed by atoms with van der Waals surface area (Å²) in [6.07, 6.45) is 1.17. The summed E-state index contributed by atoms with van der Waals surface area (Å²) >= 11 is 6.02. The Hall–Kier alpha value is -1.81. The molecular formula is C12H11ClN2O2. The molecule has 0 aliphatic heterocycles. The van der Waals surface area contributed by atoms with Crippen molar-refractivity contribution in [3.05, 3.63) is 35.5 Å². The number of amides is 1. The van der Waals surface area contributed by atoms with Crippen LogP contribution in [0.3, 0.4) is 0 Å². The lowest BCUT2D eigenvalue weighted by molar-refractivity contribution is 0.168. The quantitative estimate of drug-likeness (QED) is 0.888. The first-order valence-corrected chi connectivity index (χ1v) is 5.57. The molecule has 0 radical (unpaired) electrons. The van der Waals surface area contributed by atoms with Crippen molar-refractivity contribution in [3.63, 3.8) is 0 Å². The lowest BCUT2D eigenvalue weighted by Crippen LogP contribution is -2.13. The van der Waals surface area contributed by atoms with Crippen molar-refractivity contribution in [1.29, 1.82) is 0 Å². The molecule has 0 aliphatic rings. The molecule has 0 atom stereocenters. The highest BCUT2D eigenvalue weighted by Gasteiger charge is 2.08. The number of benzene rings is 1. The predicted octanol–water partition coefficient (Wildman–Crippen LogP) is 3.46. The van der Waals surface area contributed by atoms with Gasteiger partial charge in [0.15, 0.2) is 0 Å². The third-order valence-electron chi connectivity index (χ3n) is 2.23. The number of carbonyl (C=O) groups is 1. The number of carbonyl (C=O) groups excluding carboxylic acids is 1. The Morgan fingerprint density at radius 2 is 2.29 bits per heavy atom. The Balaban J connectivity index is 2.41. The van der Waals surface area contributed by atoms with Gasteiger partial charge in [0.1, 0.15) is 0 Å². The van der Waals surface area contributed by atoms with Crippen LogP contribution in [0.1, 0.15) is 6.92 Å². The smallest absolute Gasteiger partial charge is 0.411 e. The number of ether oxygens (including phenoxy) is 1. The van der Waals surface area contributed by atoms with E-state index >= 15 is 0 Å². The van der Waals surface area contributed by atoms with Crippen LogP contribution >= 0.6 is 11.6 Å². The molecule has 1 N–H and O–H groups in total. The minimum absolute atomic E-state index is 0.329. The number of halogens is 1. The number of hydrogen-bond acceptors (Lipinski definition) is 3. The molecule has 0 aliphatic carbocycles. The summed E-state index contributed by atoms with van der Waals surface area (Å²) in [5.74, 6) is 0. The number of fused-ring (bicyclic) bond motifs is 1. The van der Waals surface area contributed by atoms with Crippen molar-refractivity contribution < 1.29 is 9.53 Å². The van der Waals surface area contributed by atoms with Crippen LogP contribution in [0.25, 0.3) is 10.9 Å². The summed E-state index contributed by atoms with van der Waals surface area (Å²) in [6, 6.07) is 7.05. The van der Waals surface area contributed by atoms with Crippen molar-refractivity contribution in [3.8, 4) is 0 Å². The summed E-state index contributed by atoms with van der Waals surface area (Å²) in [5, 5.41) is 3.99. The molecule has 5 heteroatoms. The van der Waals surface area contributed by atoms with E-state index in [2.05, 4.69) is 10.3 Å². The zero-order valence-corrected chi connectivity index (χ0v) is 9.99. The standard InChI is InChI=1S/C12H11ClN2O2/c1-2-17-12(16)15-10-6-5-9(13)11-8(10)4-3-7-14-11/h3-7H,2H2,1H3,(H,15,16). The van der Waals surface area contributed by atoms with Gasteiger partial charge in [0.2, 0.25) is 0 Å². The van der Waals surface area contributed by atoms with Gasteiger partial charge in [0.05, 0.1) is 22.8 Å². The van der Waals surface area contributed by atoms with E-state index < -0.39 is 6.09 Å². The second-order valence-corrected chi connectivity index (χ2v) is 3.75. The minimum Gasteiger partial charge on any atom is -0.450 e. The van der Waals surface area contributed by atoms with E-state index in [1.807, 2.05) is 6.07 Å². The first-order valence-electron chi connectivity index (χ1n) is 5.19. The first kappa shape index (κ1) is 11.7. The largest absolute Gasteiger partial charge is 0.450 e. The van der Waals surface area contributed by atoms with E-state index in [4.69, 9.17) is 16.3 Å². The van der Waals surface area contributed by atoms with Crippen LogP contribution in [0.2, 0.25) is 5.02 Å². The Labute approximate surface area is 104 Å². The zero-order chi connectivity index (χ0) is 12.3. The minimum atomic E-state index is -0.486. The number of rotatable bonds is 2. The monoisotopic (exact) mass is 250 g/mol. The van der Waals surface area contributed by atoms with Gasteiger partial charge < -0.3 is 4.74 Å². The van der Waals surface area contributed by atoms with Crippen molar-refractivity contribution in [1.82, 2.24) is 4.98 Å². The van der Waals surface area contributed by atoms with Crippen LogP contribution in [0, 0.1) is 0 Å². The molecule has 2 rings (SSSR count). The molecule has 2 aromatic rings. The van der Waals surface area contributed by atoms with E-state index in [1.54, 1.807) is 31.3 Å². The third-order valence-corrected chi connectivity index (χ3v) is 2.54. The highest BCUT2D eigenvalue weighted by Crippen LogP contribution is 2.27. The lowest BCUT2D eigenvalue weighted by atomic mass is 10.2. The highest BCUT2D eigenvalue weighted by atomic mass is 35.5. The first-order chi connectivity index (χ1) is 8.22. The summed E-state index contributed by atoms with van der Waals surface area (Å²) in [7, 11) is 0. The molecule has 4 nitrogen and oxygen atoms in total. The number of anilines is 1. The summed E-state index contributed by atoms with van der Waals surface area (Å²) in [5.41, 5.74) is 1.29. The van der Waals surface area contributed by atoms with Crippen LogP contribution in [0.5, 0.6) is 0 Å². The van der Waals surface area contributed by atoms with E-state index in [1.165, 1.54) is 0 Å². The molecule has 0 bridgehead atoms. The topological polar surface area (TPSA) is 51.2 Å². The maximum atomic E-state index is 11.4. The fourth-order valence-electron chi connectivity index (χ4n) is 1.52. The van der Waals surface area contributed by atoms with Crippen LogP contribution in [-0.2, 0) is 4.74 Å². The van der Waals surface area contributed by atoms with Gasteiger partial charge in [-0.25, -0.2) is 4.79 Å². The number of nitrogens with one attached hydrogen (secondary N) is 1. The van der Waals surface area contributed by atoms with Gasteiger partial charge in [-0.1, -0.05) is 11.6 Å². The van der Waals surface area contributed by atoms with Crippen LogP contribution < -0.4 is 5.32 Å². The highest BCUT2D eigenvalue weighted by molar-refractivity contribution is 6.35. The fraction of sp³-hybridized carbons (Fsp3) is 0.167. The molecular weight excluding hydrogens is 240 g/mol. The predicted molar refractivity (Wildman–Crippen MR) is 67.4 cm³/mol. The summed E-state index contributed by atoms with van der Waals surface area (Å²) in [6.45, 7) is 2.08. The molecule has 1 heterocycles. The van der Waals surface area contributed by atoms with Crippen molar-refractivity contribution in [2.45, 2.75) is 6.92 Å². The molecule has 0 unspecified atom stereocenters. The van der Waals surface area contributed by atoms with Crippen molar-refractivity contribution in [2.75, 3.05) is 11.9 Å². The Kier molecular flexibility index (Phi) is 3.44. The van der Waals surface area contributed by atoms with E-state index in [9.17, 15) is 4.79 Å². The van der Waals surface area contributed by atoms with E-state index in [0.717, 1.165) is 5.39 Å². The van der Waals surface area contributed by atoms with E-state index in [0.29, 0.717) is 22.8 Å². The normalized spacial score (nSPS) is 10.2. The molecule has 0 saturated heterocycles. The molecule has 88 valence electrons. The van der Waals surface area contributed by atoms with Gasteiger partial charge in [0.25, 0.3) is 0 Å². The molecule has 0 fully saturated rings. The molecule has 17 heavy (non-hydrogen) atoms. The average molecular weight is 251 g/mol. The summed E-state index contributed by atoms with van der Waals surface area (Å²) < 4.78 is 4.82. The second-order valence-electron chi connectivity index (χ2n) is 3.34. The summed E-state index contributed by atoms with van der Waals surface area (Å²) in [4.78, 5) is 15.5. The molecule has 0 spiro atoms. The molecule has 1 aromatic heterocycles. The average Bonchev–Trinajstić information content (AvgIpc) is 2.34. The zero-order valence-electron chi connectivity index (χ0n) is 9.24. The van der Waals surface area contributed by atoms with Gasteiger partial charge in [-0.15, -0.1) is 0 Å². The number of hydrogen-bond donors (Lipinski definition) is 1. The number of aromatic nitrogens is 1. The van der Waals surface area contributed by atoms with Crippen LogP contribution in [0.15, 0.2) is 30.5 Å². The van der Waals surface area contributed by atoms with Gasteiger partial charge >= 0.3 is 6.09 Å². The van der Waals surface area contributed by atoms with Crippen LogP contribution in [0.4, 0.5) is 10.5 Å². The maximum absolute atomic E-state index is 11.4. The second kappa shape index (κ2) is 5.01. The van der Waals surface area contributed by atoms with Crippen molar-refractivity contribution in [2.24, 2.45) is 0 Å². The number of nitrogens with zero attached hydrogens (tertiary/aromatic N) is 1. The third kappa shape index (κ3) is 2.47. The van der Waals surface area contributed by atoms with Gasteiger partial charge in [-0.2, -0.15) is 0 Å². The van der Waals surface area contributed by atoms with Crippen LogP contribution in [-0.4, -0.2) is 17.7 Å². The SMILES string of the molecule is CCOC(=O)Nc1ccc(Cl)c2ncccc12. The van der Waals surface area contributed by atoms with Gasteiger partial charge in [0, 0.05) is 11.6 Å². The fourth-order valence-corrected chi connectivity index (χ4v) is 1.74. The maximum Gasteiger partial charge on any atom is 0.411 e. The Morgan fingerprint density at radius 1 is 1.47 bits per heavy atom. The Bertz CT molecular complexity index is 557. The van der Waals surface area contributed by atoms with Gasteiger partial charge in [-0.05, 0) is 31.2 Å². The molecule has 1 aromatic carbocycles. The van der Waals surface area contributed by atoms with Gasteiger partial charge in [-0.3, -0.25) is 10.3 Å².